The first-order valence-corrected chi connectivity index (χ1v) is 7.68. The molecule has 7 heteroatoms. The van der Waals surface area contributed by atoms with Crippen molar-refractivity contribution in [2.45, 2.75) is 23.6 Å². The highest BCUT2D eigenvalue weighted by Gasteiger charge is 2.30. The minimum absolute atomic E-state index is 0.0404. The molecule has 0 radical (unpaired) electrons. The van der Waals surface area contributed by atoms with Crippen molar-refractivity contribution in [1.82, 2.24) is 0 Å². The Morgan fingerprint density at radius 2 is 1.95 bits per heavy atom. The highest BCUT2D eigenvalue weighted by molar-refractivity contribution is 7.99. The second-order valence-corrected chi connectivity index (χ2v) is 6.67. The maximum Gasteiger partial charge on any atom is 0.313 e. The third-order valence-electron chi connectivity index (χ3n) is 3.23. The number of benzene rings is 2. The number of hydrogen-bond donors (Lipinski definition) is 1. The monoisotopic (exact) mass is 340 g/mol. The van der Waals surface area contributed by atoms with Gasteiger partial charge >= 0.3 is 5.69 Å². The average Bonchev–Trinajstić information content (AvgIpc) is 2.38. The summed E-state index contributed by atoms with van der Waals surface area (Å²) in [7, 11) is 0. The van der Waals surface area contributed by atoms with Gasteiger partial charge in [0.15, 0.2) is 0 Å². The summed E-state index contributed by atoms with van der Waals surface area (Å²) in [6.45, 7) is 4.00. The van der Waals surface area contributed by atoms with Crippen LogP contribution in [0.15, 0.2) is 28.0 Å². The number of nitro groups is 1. The second kappa shape index (κ2) is 5.09. The van der Waals surface area contributed by atoms with Crippen LogP contribution in [0.5, 0.6) is 0 Å². The number of nitrogens with zero attached hydrogens (tertiary/aromatic N) is 1. The normalized spacial score (nSPS) is 12.4. The van der Waals surface area contributed by atoms with Gasteiger partial charge in [-0.25, -0.2) is 0 Å². The van der Waals surface area contributed by atoms with Crippen LogP contribution in [0.3, 0.4) is 0 Å². The number of aryl methyl sites for hydroxylation is 2. The lowest BCUT2D eigenvalue weighted by Crippen LogP contribution is -2.06. The highest BCUT2D eigenvalue weighted by Crippen LogP contribution is 2.52. The molecule has 108 valence electrons. The van der Waals surface area contributed by atoms with Crippen LogP contribution >= 0.6 is 35.0 Å². The van der Waals surface area contributed by atoms with Gasteiger partial charge in [0.2, 0.25) is 0 Å². The summed E-state index contributed by atoms with van der Waals surface area (Å²) in [4.78, 5) is 12.5. The zero-order valence-electron chi connectivity index (χ0n) is 11.2. The van der Waals surface area contributed by atoms with Crippen molar-refractivity contribution < 1.29 is 4.92 Å². The molecule has 3 rings (SSSR count). The van der Waals surface area contributed by atoms with Crippen LogP contribution in [-0.4, -0.2) is 4.92 Å². The van der Waals surface area contributed by atoms with Gasteiger partial charge in [-0.3, -0.25) is 10.1 Å². The van der Waals surface area contributed by atoms with E-state index in [0.717, 1.165) is 21.7 Å². The number of fused-ring (bicyclic) bond motifs is 2. The van der Waals surface area contributed by atoms with Gasteiger partial charge in [-0.15, -0.1) is 0 Å². The van der Waals surface area contributed by atoms with E-state index >= 15 is 0 Å². The summed E-state index contributed by atoms with van der Waals surface area (Å²) in [5.41, 5.74) is 3.27. The largest absolute Gasteiger partial charge is 0.348 e. The zero-order valence-corrected chi connectivity index (χ0v) is 13.5. The number of nitro benzene ring substituents is 1. The first kappa shape index (κ1) is 14.5. The molecule has 0 bridgehead atoms. The molecule has 1 N–H and O–H groups in total. The maximum absolute atomic E-state index is 11.3. The molecule has 4 nitrogen and oxygen atoms in total. The molecule has 0 amide bonds. The summed E-state index contributed by atoms with van der Waals surface area (Å²) < 4.78 is 0. The van der Waals surface area contributed by atoms with E-state index in [2.05, 4.69) is 11.4 Å². The molecule has 0 saturated carbocycles. The van der Waals surface area contributed by atoms with E-state index in [1.165, 1.54) is 11.8 Å². The Hall–Kier alpha value is -1.43. The van der Waals surface area contributed by atoms with Crippen molar-refractivity contribution >= 4 is 52.0 Å². The molecule has 0 unspecified atom stereocenters. The Morgan fingerprint density at radius 3 is 2.62 bits per heavy atom. The van der Waals surface area contributed by atoms with Crippen molar-refractivity contribution in [2.24, 2.45) is 0 Å². The quantitative estimate of drug-likeness (QED) is 0.454. The Morgan fingerprint density at radius 1 is 1.24 bits per heavy atom. The molecule has 1 aliphatic heterocycles. The van der Waals surface area contributed by atoms with Crippen LogP contribution in [0.25, 0.3) is 0 Å². The van der Waals surface area contributed by atoms with Crippen molar-refractivity contribution in [3.63, 3.8) is 0 Å². The van der Waals surface area contributed by atoms with E-state index in [1.807, 2.05) is 19.9 Å². The minimum Gasteiger partial charge on any atom is -0.348 e. The fourth-order valence-corrected chi connectivity index (χ4v) is 3.96. The molecule has 21 heavy (non-hydrogen) atoms. The molecule has 0 aromatic heterocycles. The topological polar surface area (TPSA) is 55.2 Å². The zero-order chi connectivity index (χ0) is 15.3. The highest BCUT2D eigenvalue weighted by atomic mass is 35.5. The molecular weight excluding hydrogens is 331 g/mol. The third kappa shape index (κ3) is 2.35. The third-order valence-corrected chi connectivity index (χ3v) is 5.30. The molecular formula is C14H10Cl2N2O2S. The summed E-state index contributed by atoms with van der Waals surface area (Å²) >= 11 is 13.5. The number of rotatable bonds is 1. The number of anilines is 2. The summed E-state index contributed by atoms with van der Waals surface area (Å²) in [5, 5.41) is 14.6. The Labute approximate surface area is 135 Å². The second-order valence-electron chi connectivity index (χ2n) is 4.84. The lowest BCUT2D eigenvalue weighted by atomic mass is 10.1. The van der Waals surface area contributed by atoms with Crippen LogP contribution < -0.4 is 5.32 Å². The molecule has 2 aromatic rings. The molecule has 2 aromatic carbocycles. The predicted octanol–water partition coefficient (Wildman–Crippen LogP) is 5.73. The van der Waals surface area contributed by atoms with Crippen LogP contribution in [0.4, 0.5) is 17.1 Å². The van der Waals surface area contributed by atoms with E-state index in [0.29, 0.717) is 10.6 Å². The summed E-state index contributed by atoms with van der Waals surface area (Å²) in [6.07, 6.45) is 0. The fraction of sp³-hybridized carbons (Fsp3) is 0.143. The molecule has 0 atom stereocenters. The van der Waals surface area contributed by atoms with Gasteiger partial charge < -0.3 is 5.32 Å². The molecule has 1 heterocycles. The van der Waals surface area contributed by atoms with Gasteiger partial charge in [-0.2, -0.15) is 0 Å². The standard InChI is InChI=1S/C14H10Cl2N2O2S/c1-6-3-7(2)14-9(4-6)17-12-10(21-14)5-8(15)11(16)13(12)18(19)20/h3-5,17H,1-2H3. The lowest BCUT2D eigenvalue weighted by molar-refractivity contribution is -0.383. The van der Waals surface area contributed by atoms with E-state index in [4.69, 9.17) is 23.2 Å². The van der Waals surface area contributed by atoms with E-state index in [9.17, 15) is 10.1 Å². The van der Waals surface area contributed by atoms with Crippen molar-refractivity contribution in [1.29, 1.82) is 0 Å². The number of nitrogens with one attached hydrogen (secondary N) is 1. The molecule has 0 aliphatic carbocycles. The molecule has 0 saturated heterocycles. The molecule has 0 spiro atoms. The van der Waals surface area contributed by atoms with Crippen LogP contribution in [0, 0.1) is 24.0 Å². The first-order valence-electron chi connectivity index (χ1n) is 6.11. The van der Waals surface area contributed by atoms with Crippen LogP contribution in [0.1, 0.15) is 11.1 Å². The molecule has 1 aliphatic rings. The maximum atomic E-state index is 11.3. The van der Waals surface area contributed by atoms with Crippen molar-refractivity contribution in [3.8, 4) is 0 Å². The van der Waals surface area contributed by atoms with Gasteiger partial charge in [0.25, 0.3) is 0 Å². The number of hydrogen-bond acceptors (Lipinski definition) is 4. The smallest absolute Gasteiger partial charge is 0.313 e. The Balaban J connectivity index is 2.24. The number of halogens is 2. The van der Waals surface area contributed by atoms with E-state index in [-0.39, 0.29) is 15.7 Å². The van der Waals surface area contributed by atoms with Gasteiger partial charge in [-0.05, 0) is 37.1 Å². The Bertz CT molecular complexity index is 793. The van der Waals surface area contributed by atoms with E-state index in [1.54, 1.807) is 6.07 Å². The summed E-state index contributed by atoms with van der Waals surface area (Å²) in [6, 6.07) is 5.70. The summed E-state index contributed by atoms with van der Waals surface area (Å²) in [5.74, 6) is 0. The van der Waals surface area contributed by atoms with Gasteiger partial charge in [0, 0.05) is 9.79 Å². The van der Waals surface area contributed by atoms with Crippen molar-refractivity contribution in [3.05, 3.63) is 49.5 Å². The first-order chi connectivity index (χ1) is 9.88. The van der Waals surface area contributed by atoms with Gasteiger partial charge in [0.1, 0.15) is 10.7 Å². The fourth-order valence-electron chi connectivity index (χ4n) is 2.39. The van der Waals surface area contributed by atoms with Crippen molar-refractivity contribution in [2.75, 3.05) is 5.32 Å². The van der Waals surface area contributed by atoms with Gasteiger partial charge in [0.05, 0.1) is 15.6 Å². The lowest BCUT2D eigenvalue weighted by Gasteiger charge is -2.23. The molecule has 0 fully saturated rings. The van der Waals surface area contributed by atoms with Crippen LogP contribution in [0.2, 0.25) is 10.0 Å². The van der Waals surface area contributed by atoms with E-state index < -0.39 is 4.92 Å². The predicted molar refractivity (Wildman–Crippen MR) is 86.4 cm³/mol. The SMILES string of the molecule is Cc1cc(C)c2c(c1)Nc1c(cc(Cl)c(Cl)c1[N+](=O)[O-])S2. The van der Waals surface area contributed by atoms with Gasteiger partial charge in [-0.1, -0.05) is 41.0 Å². The van der Waals surface area contributed by atoms with Crippen LogP contribution in [-0.2, 0) is 0 Å². The Kier molecular flexibility index (Phi) is 3.51. The average molecular weight is 341 g/mol. The minimum atomic E-state index is -0.506.